The van der Waals surface area contributed by atoms with Crippen LogP contribution in [0.25, 0.3) is 0 Å². The third kappa shape index (κ3) is 4.90. The van der Waals surface area contributed by atoms with E-state index in [1.165, 1.54) is 0 Å². The highest BCUT2D eigenvalue weighted by molar-refractivity contribution is 9.10. The van der Waals surface area contributed by atoms with Crippen LogP contribution >= 0.6 is 15.9 Å². The molecule has 0 fully saturated rings. The molecule has 0 aromatic heterocycles. The molecule has 0 aliphatic carbocycles. The van der Waals surface area contributed by atoms with Gasteiger partial charge in [-0.05, 0) is 42.8 Å². The van der Waals surface area contributed by atoms with Gasteiger partial charge >= 0.3 is 0 Å². The Morgan fingerprint density at radius 3 is 2.24 bits per heavy atom. The molecular weight excluding hydrogens is 332 g/mol. The normalized spacial score (nSPS) is 10.2. The summed E-state index contributed by atoms with van der Waals surface area (Å²) in [7, 11) is 1.63. The van der Waals surface area contributed by atoms with Crippen molar-refractivity contribution in [2.75, 3.05) is 13.7 Å². The van der Waals surface area contributed by atoms with Crippen molar-refractivity contribution in [2.24, 2.45) is 0 Å². The number of carbonyl (C=O) groups is 1. The van der Waals surface area contributed by atoms with Crippen molar-refractivity contribution in [1.29, 1.82) is 0 Å². The summed E-state index contributed by atoms with van der Waals surface area (Å²) in [6, 6.07) is 14.8. The molecule has 4 heteroatoms. The van der Waals surface area contributed by atoms with Crippen LogP contribution in [0.1, 0.15) is 23.2 Å². The van der Waals surface area contributed by atoms with Crippen LogP contribution in [-0.2, 0) is 0 Å². The third-order valence-corrected chi connectivity index (χ3v) is 3.57. The lowest BCUT2D eigenvalue weighted by molar-refractivity contribution is 0.0973. The maximum Gasteiger partial charge on any atom is 0.163 e. The predicted molar refractivity (Wildman–Crippen MR) is 86.2 cm³/mol. The molecule has 2 rings (SSSR count). The van der Waals surface area contributed by atoms with Crippen molar-refractivity contribution in [3.05, 3.63) is 58.6 Å². The number of rotatable bonds is 7. The molecule has 0 aliphatic rings. The summed E-state index contributed by atoms with van der Waals surface area (Å²) >= 11 is 3.35. The first-order valence-corrected chi connectivity index (χ1v) is 7.54. The Kier molecular flexibility index (Phi) is 5.81. The van der Waals surface area contributed by atoms with Crippen LogP contribution < -0.4 is 9.47 Å². The van der Waals surface area contributed by atoms with Crippen LogP contribution in [0.4, 0.5) is 0 Å². The molecule has 0 aliphatic heterocycles. The van der Waals surface area contributed by atoms with Crippen LogP contribution in [0.3, 0.4) is 0 Å². The van der Waals surface area contributed by atoms with E-state index in [9.17, 15) is 4.79 Å². The number of carbonyl (C=O) groups excluding carboxylic acids is 1. The first-order valence-electron chi connectivity index (χ1n) is 6.74. The molecule has 2 aromatic rings. The Hall–Kier alpha value is -1.81. The van der Waals surface area contributed by atoms with E-state index in [0.29, 0.717) is 19.4 Å². The van der Waals surface area contributed by atoms with Crippen LogP contribution in [0, 0.1) is 0 Å². The summed E-state index contributed by atoms with van der Waals surface area (Å²) in [5, 5.41) is 0. The lowest BCUT2D eigenvalue weighted by Crippen LogP contribution is -2.03. The second kappa shape index (κ2) is 7.84. The van der Waals surface area contributed by atoms with Gasteiger partial charge in [0, 0.05) is 16.5 Å². The number of hydrogen-bond acceptors (Lipinski definition) is 3. The third-order valence-electron chi connectivity index (χ3n) is 3.04. The topological polar surface area (TPSA) is 35.5 Å². The number of benzene rings is 2. The first kappa shape index (κ1) is 15.6. The van der Waals surface area contributed by atoms with Gasteiger partial charge in [-0.1, -0.05) is 28.1 Å². The van der Waals surface area contributed by atoms with E-state index in [0.717, 1.165) is 21.5 Å². The standard InChI is InChI=1S/C17H17BrO3/c1-20-15-8-10-16(11-9-15)21-12-2-3-17(19)13-4-6-14(18)7-5-13/h4-11H,2-3,12H2,1H3. The summed E-state index contributed by atoms with van der Waals surface area (Å²) in [6.07, 6.45) is 1.18. The van der Waals surface area contributed by atoms with Gasteiger partial charge in [-0.2, -0.15) is 0 Å². The number of methoxy groups -OCH3 is 1. The zero-order chi connectivity index (χ0) is 15.1. The van der Waals surface area contributed by atoms with Crippen molar-refractivity contribution in [3.63, 3.8) is 0 Å². The molecular formula is C17H17BrO3. The van der Waals surface area contributed by atoms with Gasteiger partial charge in [0.15, 0.2) is 5.78 Å². The van der Waals surface area contributed by atoms with Crippen LogP contribution in [0.2, 0.25) is 0 Å². The Labute approximate surface area is 133 Å². The van der Waals surface area contributed by atoms with E-state index in [1.807, 2.05) is 48.5 Å². The molecule has 0 unspecified atom stereocenters. The van der Waals surface area contributed by atoms with E-state index in [4.69, 9.17) is 9.47 Å². The molecule has 0 saturated heterocycles. The molecule has 0 radical (unpaired) electrons. The number of Topliss-reactive ketones (excluding diaryl/α,β-unsaturated/α-hetero) is 1. The largest absolute Gasteiger partial charge is 0.497 e. The summed E-state index contributed by atoms with van der Waals surface area (Å²) in [5.74, 6) is 1.72. The number of hydrogen-bond donors (Lipinski definition) is 0. The monoisotopic (exact) mass is 348 g/mol. The molecule has 0 heterocycles. The number of ether oxygens (including phenoxy) is 2. The Balaban J connectivity index is 1.73. The fraction of sp³-hybridized carbons (Fsp3) is 0.235. The van der Waals surface area contributed by atoms with E-state index in [-0.39, 0.29) is 5.78 Å². The smallest absolute Gasteiger partial charge is 0.163 e. The maximum atomic E-state index is 12.0. The van der Waals surface area contributed by atoms with Gasteiger partial charge in [0.1, 0.15) is 11.5 Å². The Morgan fingerprint density at radius 2 is 1.62 bits per heavy atom. The quantitative estimate of drug-likeness (QED) is 0.545. The van der Waals surface area contributed by atoms with Gasteiger partial charge in [0.05, 0.1) is 13.7 Å². The first-order chi connectivity index (χ1) is 10.2. The molecule has 3 nitrogen and oxygen atoms in total. The highest BCUT2D eigenvalue weighted by atomic mass is 79.9. The van der Waals surface area contributed by atoms with Crippen molar-refractivity contribution >= 4 is 21.7 Å². The van der Waals surface area contributed by atoms with Crippen molar-refractivity contribution in [3.8, 4) is 11.5 Å². The minimum atomic E-state index is 0.140. The van der Waals surface area contributed by atoms with Crippen LogP contribution in [-0.4, -0.2) is 19.5 Å². The van der Waals surface area contributed by atoms with E-state index in [2.05, 4.69) is 15.9 Å². The van der Waals surface area contributed by atoms with Crippen molar-refractivity contribution in [1.82, 2.24) is 0 Å². The highest BCUT2D eigenvalue weighted by Gasteiger charge is 2.05. The molecule has 0 N–H and O–H groups in total. The van der Waals surface area contributed by atoms with Gasteiger partial charge < -0.3 is 9.47 Å². The molecule has 2 aromatic carbocycles. The van der Waals surface area contributed by atoms with Gasteiger partial charge in [0.2, 0.25) is 0 Å². The minimum absolute atomic E-state index is 0.140. The zero-order valence-electron chi connectivity index (χ0n) is 11.8. The minimum Gasteiger partial charge on any atom is -0.497 e. The van der Waals surface area contributed by atoms with Crippen molar-refractivity contribution in [2.45, 2.75) is 12.8 Å². The second-order valence-electron chi connectivity index (χ2n) is 4.56. The zero-order valence-corrected chi connectivity index (χ0v) is 13.4. The Bertz CT molecular complexity index is 576. The summed E-state index contributed by atoms with van der Waals surface area (Å²) in [6.45, 7) is 0.522. The van der Waals surface area contributed by atoms with Gasteiger partial charge in [-0.25, -0.2) is 0 Å². The summed E-state index contributed by atoms with van der Waals surface area (Å²) in [5.41, 5.74) is 0.739. The highest BCUT2D eigenvalue weighted by Crippen LogP contribution is 2.17. The molecule has 21 heavy (non-hydrogen) atoms. The molecule has 0 spiro atoms. The van der Waals surface area contributed by atoms with Gasteiger partial charge in [-0.15, -0.1) is 0 Å². The SMILES string of the molecule is COc1ccc(OCCCC(=O)c2ccc(Br)cc2)cc1. The molecule has 0 atom stereocenters. The Morgan fingerprint density at radius 1 is 1.00 bits per heavy atom. The molecule has 0 bridgehead atoms. The second-order valence-corrected chi connectivity index (χ2v) is 5.47. The van der Waals surface area contributed by atoms with Gasteiger partial charge in [0.25, 0.3) is 0 Å². The maximum absolute atomic E-state index is 12.0. The molecule has 0 saturated carbocycles. The average molecular weight is 349 g/mol. The average Bonchev–Trinajstić information content (AvgIpc) is 2.52. The van der Waals surface area contributed by atoms with E-state index < -0.39 is 0 Å². The van der Waals surface area contributed by atoms with E-state index >= 15 is 0 Å². The van der Waals surface area contributed by atoms with Gasteiger partial charge in [-0.3, -0.25) is 4.79 Å². The van der Waals surface area contributed by atoms with Crippen LogP contribution in [0.5, 0.6) is 11.5 Å². The molecule has 0 amide bonds. The predicted octanol–water partition coefficient (Wildman–Crippen LogP) is 4.50. The summed E-state index contributed by atoms with van der Waals surface area (Å²) in [4.78, 5) is 12.0. The number of halogens is 1. The lowest BCUT2D eigenvalue weighted by Gasteiger charge is -2.07. The van der Waals surface area contributed by atoms with E-state index in [1.54, 1.807) is 7.11 Å². The molecule has 110 valence electrons. The summed E-state index contributed by atoms with van der Waals surface area (Å²) < 4.78 is 11.6. The van der Waals surface area contributed by atoms with Crippen LogP contribution in [0.15, 0.2) is 53.0 Å². The number of ketones is 1. The van der Waals surface area contributed by atoms with Crippen molar-refractivity contribution < 1.29 is 14.3 Å². The fourth-order valence-corrected chi connectivity index (χ4v) is 2.14. The fourth-order valence-electron chi connectivity index (χ4n) is 1.87. The lowest BCUT2D eigenvalue weighted by atomic mass is 10.1.